The molecule has 0 radical (unpaired) electrons. The fourth-order valence-electron chi connectivity index (χ4n) is 1.72. The van der Waals surface area contributed by atoms with E-state index in [0.717, 1.165) is 9.75 Å². The highest BCUT2D eigenvalue weighted by molar-refractivity contribution is 7.13. The van der Waals surface area contributed by atoms with Gasteiger partial charge >= 0.3 is 0 Å². The third-order valence-corrected chi connectivity index (χ3v) is 3.58. The average Bonchev–Trinajstić information content (AvgIpc) is 2.79. The molecule has 19 heavy (non-hydrogen) atoms. The summed E-state index contributed by atoms with van der Waals surface area (Å²) in [6.45, 7) is 7.22. The summed E-state index contributed by atoms with van der Waals surface area (Å²) < 4.78 is 0. The molecular formula is C13H21N3O2S. The van der Waals surface area contributed by atoms with Gasteiger partial charge in [0, 0.05) is 24.4 Å². The van der Waals surface area contributed by atoms with E-state index in [2.05, 4.69) is 19.0 Å². The topological polar surface area (TPSA) is 78.9 Å². The number of oxime groups is 1. The first kappa shape index (κ1) is 15.5. The summed E-state index contributed by atoms with van der Waals surface area (Å²) in [5, 5.41) is 11.5. The number of thiophene rings is 1. The summed E-state index contributed by atoms with van der Waals surface area (Å²) in [4.78, 5) is 16.0. The van der Waals surface area contributed by atoms with Crippen LogP contribution in [0.2, 0.25) is 0 Å². The molecule has 1 rings (SSSR count). The Labute approximate surface area is 117 Å². The van der Waals surface area contributed by atoms with Gasteiger partial charge in [0.1, 0.15) is 5.84 Å². The second kappa shape index (κ2) is 7.13. The van der Waals surface area contributed by atoms with Crippen molar-refractivity contribution in [2.24, 2.45) is 16.8 Å². The predicted octanol–water partition coefficient (Wildman–Crippen LogP) is 2.29. The lowest BCUT2D eigenvalue weighted by molar-refractivity contribution is 0.0745. The molecule has 3 N–H and O–H groups in total. The van der Waals surface area contributed by atoms with Crippen LogP contribution in [0.5, 0.6) is 0 Å². The fourth-order valence-corrected chi connectivity index (χ4v) is 2.56. The van der Waals surface area contributed by atoms with Gasteiger partial charge in [0.15, 0.2) is 0 Å². The van der Waals surface area contributed by atoms with Gasteiger partial charge in [-0.25, -0.2) is 0 Å². The Bertz CT molecular complexity index is 454. The Kier molecular flexibility index (Phi) is 5.82. The first-order chi connectivity index (χ1) is 8.93. The van der Waals surface area contributed by atoms with E-state index in [9.17, 15) is 4.79 Å². The fraction of sp³-hybridized carbons (Fsp3) is 0.538. The monoisotopic (exact) mass is 283 g/mol. The Hall–Kier alpha value is -1.56. The lowest BCUT2D eigenvalue weighted by Gasteiger charge is -2.23. The van der Waals surface area contributed by atoms with Crippen LogP contribution in [0.3, 0.4) is 0 Å². The minimum absolute atomic E-state index is 0.0116. The number of carbonyl (C=O) groups is 1. The average molecular weight is 283 g/mol. The van der Waals surface area contributed by atoms with Crippen LogP contribution in [-0.4, -0.2) is 34.9 Å². The van der Waals surface area contributed by atoms with Gasteiger partial charge in [-0.1, -0.05) is 19.0 Å². The van der Waals surface area contributed by atoms with Crippen molar-refractivity contribution in [2.75, 3.05) is 13.1 Å². The van der Waals surface area contributed by atoms with Crippen molar-refractivity contribution in [3.05, 3.63) is 21.9 Å². The number of hydrogen-bond acceptors (Lipinski definition) is 4. The molecule has 6 heteroatoms. The van der Waals surface area contributed by atoms with Gasteiger partial charge in [0.25, 0.3) is 5.91 Å². The second-order valence-corrected chi connectivity index (χ2v) is 6.18. The Balaban J connectivity index is 2.75. The van der Waals surface area contributed by atoms with E-state index in [1.54, 1.807) is 4.90 Å². The largest absolute Gasteiger partial charge is 0.409 e. The molecule has 0 atom stereocenters. The smallest absolute Gasteiger partial charge is 0.263 e. The summed E-state index contributed by atoms with van der Waals surface area (Å²) in [6, 6.07) is 3.79. The first-order valence-corrected chi connectivity index (χ1v) is 7.07. The lowest BCUT2D eigenvalue weighted by atomic mass is 10.2. The zero-order valence-corrected chi connectivity index (χ0v) is 12.4. The number of carbonyl (C=O) groups excluding carboxylic acids is 1. The molecule has 0 aliphatic carbocycles. The lowest BCUT2D eigenvalue weighted by Crippen LogP contribution is -2.36. The molecule has 1 aromatic heterocycles. The quantitative estimate of drug-likeness (QED) is 0.364. The predicted molar refractivity (Wildman–Crippen MR) is 77.8 cm³/mol. The minimum atomic E-state index is 0.0116. The molecule has 0 fully saturated rings. The van der Waals surface area contributed by atoms with Crippen LogP contribution in [0.25, 0.3) is 0 Å². The van der Waals surface area contributed by atoms with E-state index in [0.29, 0.717) is 25.4 Å². The van der Waals surface area contributed by atoms with Crippen molar-refractivity contribution >= 4 is 23.1 Å². The maximum Gasteiger partial charge on any atom is 0.263 e. The highest BCUT2D eigenvalue weighted by atomic mass is 32.1. The van der Waals surface area contributed by atoms with Crippen LogP contribution in [-0.2, 0) is 0 Å². The van der Waals surface area contributed by atoms with Crippen LogP contribution < -0.4 is 5.73 Å². The van der Waals surface area contributed by atoms with Gasteiger partial charge < -0.3 is 15.8 Å². The normalized spacial score (nSPS) is 11.9. The number of rotatable bonds is 6. The van der Waals surface area contributed by atoms with Crippen LogP contribution in [0, 0.1) is 12.8 Å². The van der Waals surface area contributed by atoms with E-state index in [-0.39, 0.29) is 11.7 Å². The SMILES string of the molecule is Cc1ccc(C(=O)N(CCC(N)=NO)CC(C)C)s1. The third kappa shape index (κ3) is 4.90. The molecule has 0 unspecified atom stereocenters. The summed E-state index contributed by atoms with van der Waals surface area (Å²) >= 11 is 1.49. The summed E-state index contributed by atoms with van der Waals surface area (Å²) in [7, 11) is 0. The number of nitrogens with two attached hydrogens (primary N) is 1. The molecule has 1 amide bonds. The third-order valence-electron chi connectivity index (χ3n) is 2.59. The minimum Gasteiger partial charge on any atom is -0.409 e. The van der Waals surface area contributed by atoms with Gasteiger partial charge in [-0.2, -0.15) is 0 Å². The van der Waals surface area contributed by atoms with Gasteiger partial charge in [-0.3, -0.25) is 4.79 Å². The van der Waals surface area contributed by atoms with Gasteiger partial charge in [0.05, 0.1) is 4.88 Å². The highest BCUT2D eigenvalue weighted by Crippen LogP contribution is 2.18. The van der Waals surface area contributed by atoms with E-state index in [1.807, 2.05) is 19.1 Å². The summed E-state index contributed by atoms with van der Waals surface area (Å²) in [6.07, 6.45) is 0.374. The van der Waals surface area contributed by atoms with Crippen molar-refractivity contribution in [3.63, 3.8) is 0 Å². The molecule has 1 aromatic rings. The summed E-state index contributed by atoms with van der Waals surface area (Å²) in [5.74, 6) is 0.527. The van der Waals surface area contributed by atoms with Crippen LogP contribution in [0.4, 0.5) is 0 Å². The van der Waals surface area contributed by atoms with Crippen LogP contribution in [0.15, 0.2) is 17.3 Å². The summed E-state index contributed by atoms with van der Waals surface area (Å²) in [5.41, 5.74) is 5.46. The van der Waals surface area contributed by atoms with Crippen LogP contribution >= 0.6 is 11.3 Å². The zero-order chi connectivity index (χ0) is 14.4. The molecule has 0 saturated heterocycles. The Morgan fingerprint density at radius 3 is 2.68 bits per heavy atom. The first-order valence-electron chi connectivity index (χ1n) is 6.26. The van der Waals surface area contributed by atoms with Gasteiger partial charge in [-0.15, -0.1) is 11.3 Å². The Morgan fingerprint density at radius 1 is 1.53 bits per heavy atom. The van der Waals surface area contributed by atoms with E-state index < -0.39 is 0 Å². The standard InChI is InChI=1S/C13H21N3O2S/c1-9(2)8-16(7-6-12(14)15-18)13(17)11-5-4-10(3)19-11/h4-5,9,18H,6-8H2,1-3H3,(H2,14,15). The molecule has 0 aromatic carbocycles. The molecule has 0 aliphatic heterocycles. The highest BCUT2D eigenvalue weighted by Gasteiger charge is 2.18. The second-order valence-electron chi connectivity index (χ2n) is 4.90. The maximum absolute atomic E-state index is 12.4. The van der Waals surface area contributed by atoms with Crippen molar-refractivity contribution in [3.8, 4) is 0 Å². The Morgan fingerprint density at radius 2 is 2.21 bits per heavy atom. The van der Waals surface area contributed by atoms with Crippen molar-refractivity contribution in [1.29, 1.82) is 0 Å². The van der Waals surface area contributed by atoms with E-state index in [1.165, 1.54) is 11.3 Å². The van der Waals surface area contributed by atoms with E-state index >= 15 is 0 Å². The molecule has 0 bridgehead atoms. The zero-order valence-electron chi connectivity index (χ0n) is 11.6. The van der Waals surface area contributed by atoms with Crippen molar-refractivity contribution < 1.29 is 10.0 Å². The van der Waals surface area contributed by atoms with Crippen molar-refractivity contribution in [1.82, 2.24) is 4.90 Å². The van der Waals surface area contributed by atoms with Crippen molar-refractivity contribution in [2.45, 2.75) is 27.2 Å². The molecule has 0 spiro atoms. The van der Waals surface area contributed by atoms with Crippen LogP contribution in [0.1, 0.15) is 34.8 Å². The molecule has 106 valence electrons. The maximum atomic E-state index is 12.4. The molecule has 0 aliphatic rings. The molecule has 0 saturated carbocycles. The molecular weight excluding hydrogens is 262 g/mol. The number of hydrogen-bond donors (Lipinski definition) is 2. The number of amides is 1. The number of nitrogens with zero attached hydrogens (tertiary/aromatic N) is 2. The number of aryl methyl sites for hydroxylation is 1. The van der Waals surface area contributed by atoms with Gasteiger partial charge in [0.2, 0.25) is 0 Å². The van der Waals surface area contributed by atoms with Gasteiger partial charge in [-0.05, 0) is 25.0 Å². The molecule has 5 nitrogen and oxygen atoms in total. The number of amidine groups is 1. The molecule has 1 heterocycles. The van der Waals surface area contributed by atoms with E-state index in [4.69, 9.17) is 10.9 Å².